The number of anilines is 1. The van der Waals surface area contributed by atoms with Crippen molar-refractivity contribution in [3.63, 3.8) is 0 Å². The third-order valence-corrected chi connectivity index (χ3v) is 6.64. The molecule has 5 heteroatoms. The van der Waals surface area contributed by atoms with Crippen LogP contribution in [0.1, 0.15) is 32.8 Å². The predicted octanol–water partition coefficient (Wildman–Crippen LogP) is 2.90. The van der Waals surface area contributed by atoms with Crippen LogP contribution in [0.15, 0.2) is 29.3 Å². The highest BCUT2D eigenvalue weighted by Crippen LogP contribution is 2.52. The molecule has 4 rings (SSSR count). The summed E-state index contributed by atoms with van der Waals surface area (Å²) < 4.78 is 5.96. The van der Waals surface area contributed by atoms with Gasteiger partial charge in [-0.1, -0.05) is 26.0 Å². The van der Waals surface area contributed by atoms with E-state index in [0.717, 1.165) is 45.3 Å². The summed E-state index contributed by atoms with van der Waals surface area (Å²) in [4.78, 5) is 9.76. The number of hydrogen-bond acceptors (Lipinski definition) is 3. The molecule has 1 N–H and O–H groups in total. The van der Waals surface area contributed by atoms with E-state index in [2.05, 4.69) is 67.1 Å². The average Bonchev–Trinajstić information content (AvgIpc) is 3.12. The Kier molecular flexibility index (Phi) is 5.06. The minimum Gasteiger partial charge on any atom is -0.377 e. The summed E-state index contributed by atoms with van der Waals surface area (Å²) >= 11 is 0. The van der Waals surface area contributed by atoms with Crippen molar-refractivity contribution in [3.8, 4) is 0 Å². The van der Waals surface area contributed by atoms with E-state index in [1.807, 2.05) is 0 Å². The van der Waals surface area contributed by atoms with Gasteiger partial charge in [0.05, 0.1) is 6.10 Å². The summed E-state index contributed by atoms with van der Waals surface area (Å²) in [5.41, 5.74) is 2.84. The first-order valence-corrected chi connectivity index (χ1v) is 10.5. The van der Waals surface area contributed by atoms with Crippen molar-refractivity contribution in [1.82, 2.24) is 10.2 Å². The van der Waals surface area contributed by atoms with Gasteiger partial charge in [-0.2, -0.15) is 0 Å². The molecule has 2 aliphatic heterocycles. The molecule has 5 nitrogen and oxygen atoms in total. The fourth-order valence-electron chi connectivity index (χ4n) is 5.14. The zero-order chi connectivity index (χ0) is 19.0. The van der Waals surface area contributed by atoms with E-state index in [-0.39, 0.29) is 5.41 Å². The van der Waals surface area contributed by atoms with Gasteiger partial charge < -0.3 is 19.9 Å². The molecular formula is C22H34N4O. The normalized spacial score (nSPS) is 30.1. The molecule has 0 amide bonds. The first-order valence-electron chi connectivity index (χ1n) is 10.5. The van der Waals surface area contributed by atoms with Gasteiger partial charge >= 0.3 is 0 Å². The van der Waals surface area contributed by atoms with Gasteiger partial charge in [0, 0.05) is 62.4 Å². The van der Waals surface area contributed by atoms with E-state index in [0.29, 0.717) is 18.1 Å². The van der Waals surface area contributed by atoms with Crippen molar-refractivity contribution < 1.29 is 4.74 Å². The molecule has 0 radical (unpaired) electrons. The third kappa shape index (κ3) is 3.42. The number of hydrogen-bond donors (Lipinski definition) is 1. The Morgan fingerprint density at radius 1 is 1.26 bits per heavy atom. The molecule has 27 heavy (non-hydrogen) atoms. The van der Waals surface area contributed by atoms with Crippen LogP contribution in [0, 0.1) is 18.3 Å². The van der Waals surface area contributed by atoms with Crippen LogP contribution in [-0.4, -0.2) is 62.3 Å². The summed E-state index contributed by atoms with van der Waals surface area (Å²) in [6, 6.07) is 9.29. The van der Waals surface area contributed by atoms with Crippen LogP contribution in [0.2, 0.25) is 0 Å². The van der Waals surface area contributed by atoms with Gasteiger partial charge in [-0.05, 0) is 38.0 Å². The lowest BCUT2D eigenvalue weighted by Gasteiger charge is -2.55. The number of rotatable bonds is 3. The minimum absolute atomic E-state index is 0.180. The summed E-state index contributed by atoms with van der Waals surface area (Å²) in [5.74, 6) is 1.72. The molecule has 1 aliphatic carbocycles. The molecule has 1 saturated carbocycles. The Morgan fingerprint density at radius 3 is 2.74 bits per heavy atom. The van der Waals surface area contributed by atoms with Gasteiger partial charge in [-0.3, -0.25) is 4.99 Å². The van der Waals surface area contributed by atoms with Gasteiger partial charge in [0.2, 0.25) is 0 Å². The van der Waals surface area contributed by atoms with Gasteiger partial charge in [-0.25, -0.2) is 0 Å². The zero-order valence-electron chi connectivity index (χ0n) is 17.2. The molecule has 2 saturated heterocycles. The highest BCUT2D eigenvalue weighted by Gasteiger charge is 2.59. The average molecular weight is 371 g/mol. The van der Waals surface area contributed by atoms with Gasteiger partial charge in [0.15, 0.2) is 5.96 Å². The quantitative estimate of drug-likeness (QED) is 0.656. The fourth-order valence-corrected chi connectivity index (χ4v) is 5.14. The minimum atomic E-state index is 0.180. The summed E-state index contributed by atoms with van der Waals surface area (Å²) in [5, 5.41) is 3.83. The van der Waals surface area contributed by atoms with E-state index in [1.54, 1.807) is 0 Å². The summed E-state index contributed by atoms with van der Waals surface area (Å²) in [6.07, 6.45) is 1.59. The molecule has 148 valence electrons. The maximum absolute atomic E-state index is 5.96. The second-order valence-electron chi connectivity index (χ2n) is 8.80. The molecule has 0 aromatic heterocycles. The molecule has 0 spiro atoms. The topological polar surface area (TPSA) is 40.1 Å². The standard InChI is InChI=1S/C22H34N4O/c1-5-23-21(24-19-18-9-14-27-20(18)22(19,3)4)26-12-10-25(11-13-26)17-8-6-7-16(2)15-17/h6-8,15,18-20H,5,9-14H2,1-4H3,(H,23,24). The van der Waals surface area contributed by atoms with E-state index >= 15 is 0 Å². The van der Waals surface area contributed by atoms with E-state index in [9.17, 15) is 0 Å². The van der Waals surface area contributed by atoms with Crippen LogP contribution < -0.4 is 10.2 Å². The number of ether oxygens (including phenoxy) is 1. The number of nitrogens with zero attached hydrogens (tertiary/aromatic N) is 3. The zero-order valence-corrected chi connectivity index (χ0v) is 17.2. The van der Waals surface area contributed by atoms with Crippen LogP contribution in [0.3, 0.4) is 0 Å². The van der Waals surface area contributed by atoms with Crippen LogP contribution >= 0.6 is 0 Å². The van der Waals surface area contributed by atoms with Crippen molar-refractivity contribution in [1.29, 1.82) is 0 Å². The Labute approximate surface area is 163 Å². The van der Waals surface area contributed by atoms with Crippen molar-refractivity contribution in [2.45, 2.75) is 46.3 Å². The maximum Gasteiger partial charge on any atom is 0.194 e. The Balaban J connectivity index is 1.40. The number of nitrogens with one attached hydrogen (secondary N) is 1. The van der Waals surface area contributed by atoms with Crippen molar-refractivity contribution >= 4 is 11.6 Å². The third-order valence-electron chi connectivity index (χ3n) is 6.64. The number of fused-ring (bicyclic) bond motifs is 1. The smallest absolute Gasteiger partial charge is 0.194 e. The van der Waals surface area contributed by atoms with Crippen LogP contribution in [0.25, 0.3) is 0 Å². The van der Waals surface area contributed by atoms with E-state index in [4.69, 9.17) is 9.73 Å². The largest absolute Gasteiger partial charge is 0.377 e. The van der Waals surface area contributed by atoms with E-state index in [1.165, 1.54) is 17.7 Å². The van der Waals surface area contributed by atoms with Crippen molar-refractivity contribution in [2.75, 3.05) is 44.2 Å². The number of guanidine groups is 1. The lowest BCUT2D eigenvalue weighted by Crippen LogP contribution is -2.68. The molecule has 1 aromatic carbocycles. The lowest BCUT2D eigenvalue weighted by molar-refractivity contribution is -0.107. The second-order valence-corrected chi connectivity index (χ2v) is 8.80. The van der Waals surface area contributed by atoms with Gasteiger partial charge in [0.1, 0.15) is 0 Å². The monoisotopic (exact) mass is 370 g/mol. The van der Waals surface area contributed by atoms with Gasteiger partial charge in [0.25, 0.3) is 0 Å². The summed E-state index contributed by atoms with van der Waals surface area (Å²) in [7, 11) is 0. The van der Waals surface area contributed by atoms with Crippen LogP contribution in [0.4, 0.5) is 5.69 Å². The molecule has 3 aliphatic rings. The first-order chi connectivity index (χ1) is 13.0. The van der Waals surface area contributed by atoms with Crippen LogP contribution in [-0.2, 0) is 4.74 Å². The highest BCUT2D eigenvalue weighted by molar-refractivity contribution is 5.81. The number of aryl methyl sites for hydroxylation is 1. The summed E-state index contributed by atoms with van der Waals surface area (Å²) in [6.45, 7) is 14.8. The Morgan fingerprint density at radius 2 is 2.04 bits per heavy atom. The first kappa shape index (κ1) is 18.6. The number of piperazine rings is 1. The second kappa shape index (κ2) is 7.34. The SMILES string of the molecule is CCN=C(NC1C2CCOC2C1(C)C)N1CCN(c2cccc(C)c2)CC1. The molecule has 3 atom stereocenters. The molecule has 0 bridgehead atoms. The predicted molar refractivity (Wildman–Crippen MR) is 111 cm³/mol. The van der Waals surface area contributed by atoms with Crippen LogP contribution in [0.5, 0.6) is 0 Å². The van der Waals surface area contributed by atoms with E-state index < -0.39 is 0 Å². The van der Waals surface area contributed by atoms with Gasteiger partial charge in [-0.15, -0.1) is 0 Å². The number of benzene rings is 1. The molecule has 2 heterocycles. The number of aliphatic imine (C=N–C) groups is 1. The van der Waals surface area contributed by atoms with Crippen molar-refractivity contribution in [3.05, 3.63) is 29.8 Å². The molecule has 3 unspecified atom stereocenters. The fraction of sp³-hybridized carbons (Fsp3) is 0.682. The van der Waals surface area contributed by atoms with Crippen molar-refractivity contribution in [2.24, 2.45) is 16.3 Å². The lowest BCUT2D eigenvalue weighted by atomic mass is 9.57. The molecule has 3 fully saturated rings. The maximum atomic E-state index is 5.96. The Bertz CT molecular complexity index is 693. The molecular weight excluding hydrogens is 336 g/mol. The highest BCUT2D eigenvalue weighted by atomic mass is 16.5. The molecule has 1 aromatic rings. The Hall–Kier alpha value is -1.75.